The second-order valence-corrected chi connectivity index (χ2v) is 6.00. The van der Waals surface area contributed by atoms with Gasteiger partial charge in [-0.1, -0.05) is 29.8 Å². The minimum absolute atomic E-state index is 0.0206. The van der Waals surface area contributed by atoms with Crippen LogP contribution in [0.4, 0.5) is 5.69 Å². The first kappa shape index (κ1) is 17.4. The first-order valence-electron chi connectivity index (χ1n) is 8.06. The van der Waals surface area contributed by atoms with Crippen LogP contribution in [-0.4, -0.2) is 16.4 Å². The van der Waals surface area contributed by atoms with Crippen molar-refractivity contribution < 1.29 is 14.3 Å². The average molecular weight is 350 g/mol. The Morgan fingerprint density at radius 3 is 2.42 bits per heavy atom. The van der Waals surface area contributed by atoms with Crippen molar-refractivity contribution in [1.29, 1.82) is 0 Å². The molecule has 6 nitrogen and oxygen atoms in total. The molecule has 3 aromatic rings. The maximum atomic E-state index is 12.8. The molecule has 26 heavy (non-hydrogen) atoms. The van der Waals surface area contributed by atoms with Crippen molar-refractivity contribution in [2.45, 2.75) is 13.8 Å². The van der Waals surface area contributed by atoms with E-state index in [9.17, 15) is 14.4 Å². The molecule has 1 heterocycles. The number of amides is 1. The number of esters is 1. The Kier molecular flexibility index (Phi) is 4.58. The maximum absolute atomic E-state index is 12.8. The lowest BCUT2D eigenvalue weighted by molar-refractivity contribution is -0.131. The number of benzene rings is 2. The Balaban J connectivity index is 2.25. The number of hydrogen-bond acceptors (Lipinski definition) is 4. The molecule has 0 radical (unpaired) electrons. The SMILES string of the molecule is CC(=O)Oc1c(C(=O)Nc2ccccc2)c(=O)n(C)c2ccc(C)cc12. The van der Waals surface area contributed by atoms with Crippen molar-refractivity contribution in [3.8, 4) is 5.75 Å². The van der Waals surface area contributed by atoms with Crippen molar-refractivity contribution in [1.82, 2.24) is 4.57 Å². The lowest BCUT2D eigenvalue weighted by Gasteiger charge is -2.15. The standard InChI is InChI=1S/C20H18N2O4/c1-12-9-10-16-15(11-12)18(26-13(2)23)17(20(25)22(16)3)19(24)21-14-7-5-4-6-8-14/h4-11H,1-3H3,(H,21,24). The molecule has 0 saturated carbocycles. The summed E-state index contributed by atoms with van der Waals surface area (Å²) in [6, 6.07) is 14.2. The summed E-state index contributed by atoms with van der Waals surface area (Å²) in [6.07, 6.45) is 0. The van der Waals surface area contributed by atoms with Gasteiger partial charge in [0.25, 0.3) is 11.5 Å². The van der Waals surface area contributed by atoms with E-state index >= 15 is 0 Å². The van der Waals surface area contributed by atoms with Crippen LogP contribution in [0.5, 0.6) is 5.75 Å². The van der Waals surface area contributed by atoms with Gasteiger partial charge in [-0.15, -0.1) is 0 Å². The number of nitrogens with zero attached hydrogens (tertiary/aromatic N) is 1. The Hall–Kier alpha value is -3.41. The van der Waals surface area contributed by atoms with E-state index in [-0.39, 0.29) is 11.3 Å². The summed E-state index contributed by atoms with van der Waals surface area (Å²) >= 11 is 0. The van der Waals surface area contributed by atoms with Crippen molar-refractivity contribution in [2.24, 2.45) is 7.05 Å². The highest BCUT2D eigenvalue weighted by Gasteiger charge is 2.24. The molecule has 1 amide bonds. The number of fused-ring (bicyclic) bond motifs is 1. The Bertz CT molecular complexity index is 1070. The second-order valence-electron chi connectivity index (χ2n) is 6.00. The monoisotopic (exact) mass is 350 g/mol. The van der Waals surface area contributed by atoms with Crippen LogP contribution >= 0.6 is 0 Å². The van der Waals surface area contributed by atoms with E-state index in [0.29, 0.717) is 16.6 Å². The fourth-order valence-electron chi connectivity index (χ4n) is 2.80. The van der Waals surface area contributed by atoms with Gasteiger partial charge in [-0.05, 0) is 31.2 Å². The molecule has 0 spiro atoms. The number of carbonyl (C=O) groups excluding carboxylic acids is 2. The quantitative estimate of drug-likeness (QED) is 0.737. The zero-order valence-electron chi connectivity index (χ0n) is 14.7. The van der Waals surface area contributed by atoms with Crippen LogP contribution in [0, 0.1) is 6.92 Å². The van der Waals surface area contributed by atoms with Gasteiger partial charge in [0.15, 0.2) is 5.75 Å². The second kappa shape index (κ2) is 6.84. The van der Waals surface area contributed by atoms with Crippen molar-refractivity contribution in [3.63, 3.8) is 0 Å². The fourth-order valence-corrected chi connectivity index (χ4v) is 2.80. The predicted molar refractivity (Wildman–Crippen MR) is 99.6 cm³/mol. The summed E-state index contributed by atoms with van der Waals surface area (Å²) in [4.78, 5) is 37.2. The predicted octanol–water partition coefficient (Wildman–Crippen LogP) is 3.02. The third-order valence-electron chi connectivity index (χ3n) is 4.01. The summed E-state index contributed by atoms with van der Waals surface area (Å²) < 4.78 is 6.67. The third kappa shape index (κ3) is 3.21. The molecule has 132 valence electrons. The molecule has 1 N–H and O–H groups in total. The van der Waals surface area contributed by atoms with E-state index in [0.717, 1.165) is 5.56 Å². The van der Waals surface area contributed by atoms with Crippen LogP contribution in [0.15, 0.2) is 53.3 Å². The van der Waals surface area contributed by atoms with Gasteiger partial charge in [-0.2, -0.15) is 0 Å². The van der Waals surface area contributed by atoms with Crippen LogP contribution in [0.25, 0.3) is 10.9 Å². The molecule has 2 aromatic carbocycles. The number of hydrogen-bond donors (Lipinski definition) is 1. The molecule has 0 aliphatic heterocycles. The van der Waals surface area contributed by atoms with Gasteiger partial charge in [0, 0.05) is 25.0 Å². The molecular formula is C20H18N2O4. The molecule has 6 heteroatoms. The fraction of sp³-hybridized carbons (Fsp3) is 0.150. The molecule has 0 atom stereocenters. The minimum atomic E-state index is -0.628. The Morgan fingerprint density at radius 2 is 1.77 bits per heavy atom. The van der Waals surface area contributed by atoms with E-state index in [1.54, 1.807) is 43.4 Å². The number of pyridine rings is 1. The van der Waals surface area contributed by atoms with Crippen LogP contribution in [0.2, 0.25) is 0 Å². The summed E-state index contributed by atoms with van der Waals surface area (Å²) in [5.41, 5.74) is 1.29. The number of ether oxygens (including phenoxy) is 1. The Labute approximate surface area is 150 Å². The lowest BCUT2D eigenvalue weighted by Crippen LogP contribution is -2.29. The normalized spacial score (nSPS) is 10.6. The topological polar surface area (TPSA) is 77.4 Å². The number of rotatable bonds is 3. The molecule has 1 aromatic heterocycles. The number of nitrogens with one attached hydrogen (secondary N) is 1. The number of anilines is 1. The van der Waals surface area contributed by atoms with E-state index in [1.165, 1.54) is 11.5 Å². The summed E-state index contributed by atoms with van der Waals surface area (Å²) in [6.45, 7) is 3.11. The average Bonchev–Trinajstić information content (AvgIpc) is 2.60. The van der Waals surface area contributed by atoms with Gasteiger partial charge in [0.05, 0.1) is 5.52 Å². The molecule has 0 saturated heterocycles. The van der Waals surface area contributed by atoms with Gasteiger partial charge in [-0.25, -0.2) is 0 Å². The van der Waals surface area contributed by atoms with Gasteiger partial charge in [-0.3, -0.25) is 14.4 Å². The van der Waals surface area contributed by atoms with Gasteiger partial charge >= 0.3 is 5.97 Å². The van der Waals surface area contributed by atoms with Crippen LogP contribution in [-0.2, 0) is 11.8 Å². The van der Waals surface area contributed by atoms with E-state index < -0.39 is 17.4 Å². The third-order valence-corrected chi connectivity index (χ3v) is 4.01. The highest BCUT2D eigenvalue weighted by molar-refractivity contribution is 6.09. The number of aryl methyl sites for hydroxylation is 2. The molecular weight excluding hydrogens is 332 g/mol. The lowest BCUT2D eigenvalue weighted by atomic mass is 10.1. The Morgan fingerprint density at radius 1 is 1.08 bits per heavy atom. The number of carbonyl (C=O) groups is 2. The molecule has 0 bridgehead atoms. The number of aromatic nitrogens is 1. The maximum Gasteiger partial charge on any atom is 0.308 e. The largest absolute Gasteiger partial charge is 0.425 e. The minimum Gasteiger partial charge on any atom is -0.425 e. The first-order chi connectivity index (χ1) is 12.4. The van der Waals surface area contributed by atoms with Crippen molar-refractivity contribution >= 4 is 28.5 Å². The zero-order valence-corrected chi connectivity index (χ0v) is 14.7. The van der Waals surface area contributed by atoms with Crippen LogP contribution in [0.3, 0.4) is 0 Å². The molecule has 3 rings (SSSR count). The van der Waals surface area contributed by atoms with Crippen LogP contribution in [0.1, 0.15) is 22.8 Å². The zero-order chi connectivity index (χ0) is 18.8. The molecule has 0 unspecified atom stereocenters. The van der Waals surface area contributed by atoms with E-state index in [1.807, 2.05) is 19.1 Å². The van der Waals surface area contributed by atoms with Crippen LogP contribution < -0.4 is 15.6 Å². The molecule has 0 fully saturated rings. The van der Waals surface area contributed by atoms with Crippen molar-refractivity contribution in [2.75, 3.05) is 5.32 Å². The highest BCUT2D eigenvalue weighted by Crippen LogP contribution is 2.29. The summed E-state index contributed by atoms with van der Waals surface area (Å²) in [5.74, 6) is -1.25. The highest BCUT2D eigenvalue weighted by atomic mass is 16.5. The summed E-state index contributed by atoms with van der Waals surface area (Å²) in [5, 5.41) is 3.20. The van der Waals surface area contributed by atoms with E-state index in [4.69, 9.17) is 4.74 Å². The van der Waals surface area contributed by atoms with Gasteiger partial charge < -0.3 is 14.6 Å². The smallest absolute Gasteiger partial charge is 0.308 e. The van der Waals surface area contributed by atoms with E-state index in [2.05, 4.69) is 5.32 Å². The first-order valence-corrected chi connectivity index (χ1v) is 8.06. The van der Waals surface area contributed by atoms with Gasteiger partial charge in [0.1, 0.15) is 5.56 Å². The number of para-hydroxylation sites is 1. The van der Waals surface area contributed by atoms with Crippen molar-refractivity contribution in [3.05, 3.63) is 70.0 Å². The van der Waals surface area contributed by atoms with Gasteiger partial charge in [0.2, 0.25) is 0 Å². The molecule has 0 aliphatic carbocycles. The molecule has 0 aliphatic rings. The summed E-state index contributed by atoms with van der Waals surface area (Å²) in [7, 11) is 1.58.